The van der Waals surface area contributed by atoms with Crippen LogP contribution in [0.1, 0.15) is 11.1 Å². The number of esters is 1. The maximum atomic E-state index is 11.0. The number of ether oxygens (including phenoxy) is 1. The van der Waals surface area contributed by atoms with Crippen LogP contribution in [0.15, 0.2) is 24.3 Å². The summed E-state index contributed by atoms with van der Waals surface area (Å²) in [4.78, 5) is 11.0. The highest BCUT2D eigenvalue weighted by Crippen LogP contribution is 2.18. The fraction of sp³-hybridized carbons (Fsp3) is 0.308. The van der Waals surface area contributed by atoms with Crippen molar-refractivity contribution in [2.24, 2.45) is 0 Å². The predicted molar refractivity (Wildman–Crippen MR) is 79.1 cm³/mol. The van der Waals surface area contributed by atoms with Gasteiger partial charge in [0.05, 0.1) is 13.0 Å². The summed E-state index contributed by atoms with van der Waals surface area (Å²) in [5.74, 6) is -0.567. The fourth-order valence-electron chi connectivity index (χ4n) is 1.44. The van der Waals surface area contributed by atoms with E-state index in [1.54, 1.807) is 24.3 Å². The number of hydrogen-bond donors (Lipinski definition) is 1. The molecular formula is C13H16ClNO4S. The summed E-state index contributed by atoms with van der Waals surface area (Å²) >= 11 is 6.03. The van der Waals surface area contributed by atoms with Gasteiger partial charge in [0.2, 0.25) is 0 Å². The summed E-state index contributed by atoms with van der Waals surface area (Å²) < 4.78 is 26.5. The molecule has 20 heavy (non-hydrogen) atoms. The lowest BCUT2D eigenvalue weighted by Crippen LogP contribution is -2.21. The van der Waals surface area contributed by atoms with Crippen molar-refractivity contribution in [1.29, 1.82) is 0 Å². The Hall–Kier alpha value is -1.37. The normalized spacial score (nSPS) is 11.8. The number of rotatable bonds is 6. The van der Waals surface area contributed by atoms with Crippen molar-refractivity contribution < 1.29 is 17.9 Å². The van der Waals surface area contributed by atoms with Gasteiger partial charge in [-0.3, -0.25) is 5.32 Å². The zero-order chi connectivity index (χ0) is 15.2. The molecule has 110 valence electrons. The van der Waals surface area contributed by atoms with Gasteiger partial charge in [-0.2, -0.15) is 0 Å². The van der Waals surface area contributed by atoms with Crippen LogP contribution < -0.4 is 5.32 Å². The Kier molecular flexibility index (Phi) is 6.19. The molecule has 0 amide bonds. The Bertz CT molecular complexity index is 611. The molecule has 0 heterocycles. The van der Waals surface area contributed by atoms with Crippen LogP contribution in [-0.2, 0) is 25.9 Å². The van der Waals surface area contributed by atoms with Crippen LogP contribution in [0.4, 0.5) is 0 Å². The van der Waals surface area contributed by atoms with Crippen molar-refractivity contribution in [3.05, 3.63) is 40.4 Å². The molecule has 0 spiro atoms. The van der Waals surface area contributed by atoms with Gasteiger partial charge in [-0.15, -0.1) is 0 Å². The molecule has 1 N–H and O–H groups in total. The van der Waals surface area contributed by atoms with Crippen LogP contribution in [0, 0.1) is 0 Å². The Morgan fingerprint density at radius 2 is 2.15 bits per heavy atom. The average Bonchev–Trinajstić information content (AvgIpc) is 2.37. The molecule has 1 aromatic carbocycles. The molecule has 7 heteroatoms. The minimum atomic E-state index is -3.07. The molecule has 0 saturated carbocycles. The van der Waals surface area contributed by atoms with Crippen LogP contribution in [0.3, 0.4) is 0 Å². The third kappa shape index (κ3) is 6.18. The maximum Gasteiger partial charge on any atom is 0.330 e. The summed E-state index contributed by atoms with van der Waals surface area (Å²) in [6.07, 6.45) is 4.05. The van der Waals surface area contributed by atoms with Gasteiger partial charge in [-0.05, 0) is 29.3 Å². The third-order valence-corrected chi connectivity index (χ3v) is 3.46. The number of benzene rings is 1. The Balaban J connectivity index is 2.76. The monoisotopic (exact) mass is 317 g/mol. The molecule has 1 aromatic rings. The van der Waals surface area contributed by atoms with Crippen molar-refractivity contribution in [2.75, 3.05) is 19.2 Å². The van der Waals surface area contributed by atoms with E-state index < -0.39 is 15.8 Å². The summed E-state index contributed by atoms with van der Waals surface area (Å²) in [5, 5.41) is 3.33. The minimum Gasteiger partial charge on any atom is -0.466 e. The summed E-state index contributed by atoms with van der Waals surface area (Å²) in [6, 6.07) is 5.22. The second-order valence-electron chi connectivity index (χ2n) is 4.20. The molecule has 0 aliphatic carbocycles. The Labute approximate surface area is 123 Å². The Morgan fingerprint density at radius 3 is 2.75 bits per heavy atom. The van der Waals surface area contributed by atoms with E-state index in [-0.39, 0.29) is 5.88 Å². The van der Waals surface area contributed by atoms with Crippen LogP contribution in [0.5, 0.6) is 0 Å². The number of methoxy groups -OCH3 is 1. The van der Waals surface area contributed by atoms with E-state index in [0.717, 1.165) is 17.4 Å². The molecule has 0 aromatic heterocycles. The van der Waals surface area contributed by atoms with E-state index in [1.807, 2.05) is 0 Å². The molecule has 0 aliphatic heterocycles. The second kappa shape index (κ2) is 7.42. The SMILES string of the molecule is COC(=O)/C=C/c1ccc(Cl)c(CNCS(C)(=O)=O)c1. The standard InChI is InChI=1S/C13H16ClNO4S/c1-19-13(16)6-4-10-3-5-12(14)11(7-10)8-15-9-20(2,17)18/h3-7,15H,8-9H2,1-2H3/b6-4+. The van der Waals surface area contributed by atoms with E-state index in [0.29, 0.717) is 11.6 Å². The highest BCUT2D eigenvalue weighted by Gasteiger charge is 2.04. The summed E-state index contributed by atoms with van der Waals surface area (Å²) in [6.45, 7) is 0.325. The highest BCUT2D eigenvalue weighted by atomic mass is 35.5. The molecule has 0 fully saturated rings. The smallest absolute Gasteiger partial charge is 0.330 e. The average molecular weight is 318 g/mol. The molecule has 0 saturated heterocycles. The lowest BCUT2D eigenvalue weighted by molar-refractivity contribution is -0.134. The van der Waals surface area contributed by atoms with E-state index in [1.165, 1.54) is 13.2 Å². The van der Waals surface area contributed by atoms with Gasteiger partial charge in [0.15, 0.2) is 9.84 Å². The number of halogens is 1. The quantitative estimate of drug-likeness (QED) is 0.637. The highest BCUT2D eigenvalue weighted by molar-refractivity contribution is 7.90. The van der Waals surface area contributed by atoms with Gasteiger partial charge in [-0.25, -0.2) is 13.2 Å². The Morgan fingerprint density at radius 1 is 1.45 bits per heavy atom. The first-order valence-corrected chi connectivity index (χ1v) is 8.18. The molecule has 0 aliphatic rings. The third-order valence-electron chi connectivity index (χ3n) is 2.36. The number of carbonyl (C=O) groups is 1. The predicted octanol–water partition coefficient (Wildman–Crippen LogP) is 1.62. The minimum absolute atomic E-state index is 0.119. The van der Waals surface area contributed by atoms with E-state index in [2.05, 4.69) is 10.1 Å². The van der Waals surface area contributed by atoms with Crippen molar-refractivity contribution in [3.8, 4) is 0 Å². The maximum absolute atomic E-state index is 11.0. The van der Waals surface area contributed by atoms with Crippen molar-refractivity contribution in [3.63, 3.8) is 0 Å². The molecule has 0 unspecified atom stereocenters. The van der Waals surface area contributed by atoms with Gasteiger partial charge < -0.3 is 4.74 Å². The van der Waals surface area contributed by atoms with Crippen LogP contribution in [0.25, 0.3) is 6.08 Å². The van der Waals surface area contributed by atoms with Gasteiger partial charge >= 0.3 is 5.97 Å². The first kappa shape index (κ1) is 16.7. The van der Waals surface area contributed by atoms with Gasteiger partial charge in [0.25, 0.3) is 0 Å². The summed E-state index contributed by atoms with van der Waals surface area (Å²) in [7, 11) is -1.77. The van der Waals surface area contributed by atoms with Crippen LogP contribution >= 0.6 is 11.6 Å². The molecular weight excluding hydrogens is 302 g/mol. The second-order valence-corrected chi connectivity index (χ2v) is 6.75. The number of hydrogen-bond acceptors (Lipinski definition) is 5. The number of sulfone groups is 1. The van der Waals surface area contributed by atoms with Gasteiger partial charge in [0.1, 0.15) is 0 Å². The molecule has 0 radical (unpaired) electrons. The first-order valence-electron chi connectivity index (χ1n) is 5.75. The molecule has 5 nitrogen and oxygen atoms in total. The van der Waals surface area contributed by atoms with Crippen molar-refractivity contribution >= 4 is 33.5 Å². The van der Waals surface area contributed by atoms with E-state index in [9.17, 15) is 13.2 Å². The van der Waals surface area contributed by atoms with Crippen LogP contribution in [-0.4, -0.2) is 33.6 Å². The first-order chi connectivity index (χ1) is 9.31. The number of carbonyl (C=O) groups excluding carboxylic acids is 1. The topological polar surface area (TPSA) is 72.5 Å². The molecule has 0 bridgehead atoms. The summed E-state index contributed by atoms with van der Waals surface area (Å²) in [5.41, 5.74) is 1.53. The van der Waals surface area contributed by atoms with E-state index >= 15 is 0 Å². The lowest BCUT2D eigenvalue weighted by atomic mass is 10.1. The van der Waals surface area contributed by atoms with Gasteiger partial charge in [-0.1, -0.05) is 17.7 Å². The van der Waals surface area contributed by atoms with Gasteiger partial charge in [0, 0.05) is 23.9 Å². The zero-order valence-corrected chi connectivity index (χ0v) is 12.8. The van der Waals surface area contributed by atoms with Crippen molar-refractivity contribution in [1.82, 2.24) is 5.32 Å². The molecule has 1 rings (SSSR count). The van der Waals surface area contributed by atoms with E-state index in [4.69, 9.17) is 11.6 Å². The fourth-order valence-corrected chi connectivity index (χ4v) is 2.09. The largest absolute Gasteiger partial charge is 0.466 e. The lowest BCUT2D eigenvalue weighted by Gasteiger charge is -2.07. The molecule has 0 atom stereocenters. The van der Waals surface area contributed by atoms with Crippen LogP contribution in [0.2, 0.25) is 5.02 Å². The van der Waals surface area contributed by atoms with Crippen molar-refractivity contribution in [2.45, 2.75) is 6.54 Å². The zero-order valence-electron chi connectivity index (χ0n) is 11.2. The number of nitrogens with one attached hydrogen (secondary N) is 1.